The van der Waals surface area contributed by atoms with Crippen LogP contribution in [0.5, 0.6) is 0 Å². The number of allylic oxidation sites excluding steroid dienone is 1. The second kappa shape index (κ2) is 4.20. The van der Waals surface area contributed by atoms with Crippen molar-refractivity contribution >= 4 is 0 Å². The average molecular weight is 119 g/mol. The summed E-state index contributed by atoms with van der Waals surface area (Å²) in [6.45, 7) is 0. The van der Waals surface area contributed by atoms with E-state index in [1.165, 1.54) is 12.1 Å². The molecule has 0 bridgehead atoms. The first-order valence-corrected chi connectivity index (χ1v) is 1.89. The van der Waals surface area contributed by atoms with Crippen LogP contribution < -0.4 is 0 Å². The maximum Gasteiger partial charge on any atom is 0.131 e. The summed E-state index contributed by atoms with van der Waals surface area (Å²) in [6, 6.07) is 3.04. The monoisotopic (exact) mass is 119 g/mol. The number of nitrogens with zero attached hydrogens (tertiary/aromatic N) is 5. The topological polar surface area (TPSA) is 96.3 Å². The van der Waals surface area contributed by atoms with Gasteiger partial charge < -0.3 is 0 Å². The molecular weight excluding hydrogens is 118 g/mol. The Hall–Kier alpha value is -1.97. The fourth-order valence-corrected chi connectivity index (χ4v) is 0.166. The lowest BCUT2D eigenvalue weighted by Gasteiger charge is -1.68. The van der Waals surface area contributed by atoms with Crippen molar-refractivity contribution in [3.63, 3.8) is 0 Å². The summed E-state index contributed by atoms with van der Waals surface area (Å²) in [5, 5.41) is 18.9. The van der Waals surface area contributed by atoms with E-state index in [-0.39, 0.29) is 5.57 Å². The number of azide groups is 1. The fourth-order valence-electron chi connectivity index (χ4n) is 0.166. The van der Waals surface area contributed by atoms with Gasteiger partial charge in [-0.15, -0.1) is 0 Å². The third kappa shape index (κ3) is 2.69. The molecule has 0 aliphatic carbocycles. The molecule has 9 heavy (non-hydrogen) atoms. The van der Waals surface area contributed by atoms with Crippen molar-refractivity contribution in [2.45, 2.75) is 0 Å². The van der Waals surface area contributed by atoms with Crippen LogP contribution in [0.2, 0.25) is 0 Å². The Morgan fingerprint density at radius 3 is 2.44 bits per heavy atom. The number of rotatable bonds is 1. The van der Waals surface area contributed by atoms with Crippen LogP contribution in [0.1, 0.15) is 0 Å². The van der Waals surface area contributed by atoms with Gasteiger partial charge in [-0.05, 0) is 5.53 Å². The summed E-state index contributed by atoms with van der Waals surface area (Å²) < 4.78 is 0. The molecule has 0 heterocycles. The molecule has 0 fully saturated rings. The van der Waals surface area contributed by atoms with Crippen LogP contribution in [0, 0.1) is 22.7 Å². The van der Waals surface area contributed by atoms with Crippen molar-refractivity contribution in [2.75, 3.05) is 0 Å². The van der Waals surface area contributed by atoms with E-state index >= 15 is 0 Å². The van der Waals surface area contributed by atoms with Crippen LogP contribution in [0.15, 0.2) is 16.9 Å². The molecule has 0 aromatic rings. The lowest BCUT2D eigenvalue weighted by Crippen LogP contribution is -1.65. The van der Waals surface area contributed by atoms with E-state index in [9.17, 15) is 0 Å². The molecule has 5 heteroatoms. The quantitative estimate of drug-likeness (QED) is 0.224. The van der Waals surface area contributed by atoms with Crippen molar-refractivity contribution in [1.82, 2.24) is 0 Å². The Bertz CT molecular complexity index is 227. The molecule has 5 nitrogen and oxygen atoms in total. The highest BCUT2D eigenvalue weighted by molar-refractivity contribution is 5.34. The van der Waals surface area contributed by atoms with Crippen LogP contribution in [0.25, 0.3) is 10.4 Å². The van der Waals surface area contributed by atoms with E-state index in [1.54, 1.807) is 0 Å². The third-order valence-corrected chi connectivity index (χ3v) is 0.479. The molecule has 0 unspecified atom stereocenters. The normalized spacial score (nSPS) is 5.56. The highest BCUT2D eigenvalue weighted by Gasteiger charge is 1.84. The van der Waals surface area contributed by atoms with Gasteiger partial charge in [0.2, 0.25) is 0 Å². The lowest BCUT2D eigenvalue weighted by atomic mass is 10.4. The largest absolute Gasteiger partial charge is 0.192 e. The van der Waals surface area contributed by atoms with Gasteiger partial charge in [-0.1, -0.05) is 5.11 Å². The Morgan fingerprint density at radius 2 is 2.11 bits per heavy atom. The van der Waals surface area contributed by atoms with Crippen molar-refractivity contribution < 1.29 is 0 Å². The van der Waals surface area contributed by atoms with Crippen LogP contribution in [-0.2, 0) is 0 Å². The minimum atomic E-state index is -0.201. The van der Waals surface area contributed by atoms with Gasteiger partial charge in [-0.2, -0.15) is 10.5 Å². The molecule has 0 spiro atoms. The van der Waals surface area contributed by atoms with Crippen LogP contribution >= 0.6 is 0 Å². The van der Waals surface area contributed by atoms with Crippen LogP contribution in [0.4, 0.5) is 0 Å². The molecule has 0 saturated heterocycles. The van der Waals surface area contributed by atoms with Gasteiger partial charge >= 0.3 is 0 Å². The Kier molecular flexibility index (Phi) is 3.28. The maximum absolute atomic E-state index is 8.03. The molecule has 0 rings (SSSR count). The Labute approximate surface area is 51.1 Å². The summed E-state index contributed by atoms with van der Waals surface area (Å²) in [6.07, 6.45) is 0.861. The molecule has 42 valence electrons. The van der Waals surface area contributed by atoms with Crippen LogP contribution in [-0.4, -0.2) is 0 Å². The first kappa shape index (κ1) is 7.03. The van der Waals surface area contributed by atoms with Crippen molar-refractivity contribution in [3.8, 4) is 12.1 Å². The molecule has 0 amide bonds. The highest BCUT2D eigenvalue weighted by atomic mass is 15.1. The molecule has 0 aliphatic heterocycles. The van der Waals surface area contributed by atoms with Gasteiger partial charge in [0.1, 0.15) is 17.7 Å². The maximum atomic E-state index is 8.03. The van der Waals surface area contributed by atoms with Crippen molar-refractivity contribution in [2.24, 2.45) is 5.11 Å². The van der Waals surface area contributed by atoms with E-state index < -0.39 is 0 Å². The standard InChI is InChI=1S/C4HN5/c5-1-4(2-6)3-8-9-7/h3H. The molecule has 0 atom stereocenters. The van der Waals surface area contributed by atoms with Gasteiger partial charge in [0.15, 0.2) is 0 Å². The molecule has 0 saturated carbocycles. The fraction of sp³-hybridized carbons (Fsp3) is 0. The smallest absolute Gasteiger partial charge is 0.131 e. The zero-order valence-corrected chi connectivity index (χ0v) is 4.31. The molecular formula is C4HN5. The molecule has 0 aliphatic rings. The minimum absolute atomic E-state index is 0.201. The lowest BCUT2D eigenvalue weighted by molar-refractivity contribution is 1.41. The highest BCUT2D eigenvalue weighted by Crippen LogP contribution is 1.87. The predicted molar refractivity (Wildman–Crippen MR) is 28.5 cm³/mol. The summed E-state index contributed by atoms with van der Waals surface area (Å²) in [5.41, 5.74) is 7.50. The van der Waals surface area contributed by atoms with Gasteiger partial charge in [0.25, 0.3) is 0 Å². The first-order chi connectivity index (χ1) is 4.35. The van der Waals surface area contributed by atoms with Crippen LogP contribution in [0.3, 0.4) is 0 Å². The van der Waals surface area contributed by atoms with E-state index in [4.69, 9.17) is 16.1 Å². The number of nitriles is 2. The summed E-state index contributed by atoms with van der Waals surface area (Å²) >= 11 is 0. The molecule has 0 aromatic carbocycles. The Morgan fingerprint density at radius 1 is 1.56 bits per heavy atom. The first-order valence-electron chi connectivity index (χ1n) is 1.89. The Balaban J connectivity index is 4.36. The second-order valence-electron chi connectivity index (χ2n) is 0.971. The average Bonchev–Trinajstić information content (AvgIpc) is 1.91. The van der Waals surface area contributed by atoms with E-state index in [2.05, 4.69) is 10.0 Å². The van der Waals surface area contributed by atoms with Gasteiger partial charge in [0.05, 0.1) is 0 Å². The predicted octanol–water partition coefficient (Wildman–Crippen LogP) is 1.23. The van der Waals surface area contributed by atoms with E-state index in [1.807, 2.05) is 0 Å². The molecule has 0 radical (unpaired) electrons. The summed E-state index contributed by atoms with van der Waals surface area (Å²) in [7, 11) is 0. The van der Waals surface area contributed by atoms with Crippen molar-refractivity contribution in [1.29, 1.82) is 10.5 Å². The second-order valence-corrected chi connectivity index (χ2v) is 0.971. The minimum Gasteiger partial charge on any atom is -0.192 e. The SMILES string of the molecule is N#CC(C#N)=CN=[N+]=[N-]. The van der Waals surface area contributed by atoms with Crippen molar-refractivity contribution in [3.05, 3.63) is 22.2 Å². The van der Waals surface area contributed by atoms with E-state index in [0.29, 0.717) is 0 Å². The van der Waals surface area contributed by atoms with Gasteiger partial charge in [-0.25, -0.2) is 0 Å². The van der Waals surface area contributed by atoms with E-state index in [0.717, 1.165) is 6.20 Å². The summed E-state index contributed by atoms with van der Waals surface area (Å²) in [4.78, 5) is 2.32. The van der Waals surface area contributed by atoms with Gasteiger partial charge in [0, 0.05) is 11.1 Å². The zero-order valence-electron chi connectivity index (χ0n) is 4.31. The number of hydrogen-bond acceptors (Lipinski definition) is 3. The molecule has 0 aromatic heterocycles. The zero-order chi connectivity index (χ0) is 7.11. The van der Waals surface area contributed by atoms with Gasteiger partial charge in [-0.3, -0.25) is 0 Å². The number of hydrogen-bond donors (Lipinski definition) is 0. The third-order valence-electron chi connectivity index (χ3n) is 0.479. The molecule has 0 N–H and O–H groups in total. The summed E-state index contributed by atoms with van der Waals surface area (Å²) in [5.74, 6) is 0.